The molecular weight excluding hydrogens is 375 g/mol. The molecule has 1 saturated heterocycles. The second-order valence-corrected chi connectivity index (χ2v) is 9.27. The van der Waals surface area contributed by atoms with E-state index in [2.05, 4.69) is 5.32 Å². The van der Waals surface area contributed by atoms with Crippen LogP contribution in [0, 0.1) is 12.8 Å². The average Bonchev–Trinajstić information content (AvgIpc) is 3.03. The minimum atomic E-state index is -3.46. The number of halogens is 2. The van der Waals surface area contributed by atoms with Gasteiger partial charge in [-0.05, 0) is 51.1 Å². The number of hydrogen-bond donors (Lipinski definition) is 1. The van der Waals surface area contributed by atoms with Gasteiger partial charge in [-0.3, -0.25) is 0 Å². The molecule has 1 N–H and O–H groups in total. The highest BCUT2D eigenvalue weighted by Crippen LogP contribution is 2.38. The van der Waals surface area contributed by atoms with Crippen LogP contribution in [0.5, 0.6) is 0 Å². The van der Waals surface area contributed by atoms with Gasteiger partial charge >= 0.3 is 0 Å². The van der Waals surface area contributed by atoms with Gasteiger partial charge in [0.2, 0.25) is 10.0 Å². The van der Waals surface area contributed by atoms with E-state index in [0.29, 0.717) is 28.9 Å². The molecule has 1 aliphatic heterocycles. The second-order valence-electron chi connectivity index (χ2n) is 5.70. The number of aryl methyl sites for hydroxylation is 1. The highest BCUT2D eigenvalue weighted by molar-refractivity contribution is 7.89. The molecular formula is C15H20Cl2N2O2S2. The number of thiophene rings is 1. The lowest BCUT2D eigenvalue weighted by Gasteiger charge is -2.17. The number of nitrogens with one attached hydrogen (secondary N) is 1. The monoisotopic (exact) mass is 394 g/mol. The molecule has 3 rings (SSSR count). The van der Waals surface area contributed by atoms with Crippen LogP contribution in [-0.2, 0) is 10.0 Å². The SMILES string of the molecule is CNCC1CCN(S(=O)(=O)c2c(C)sc3ccc(Cl)cc23)C1.Cl. The van der Waals surface area contributed by atoms with Gasteiger partial charge in [-0.2, -0.15) is 4.31 Å². The van der Waals surface area contributed by atoms with E-state index in [4.69, 9.17) is 11.6 Å². The summed E-state index contributed by atoms with van der Waals surface area (Å²) in [6.07, 6.45) is 0.905. The molecule has 1 fully saturated rings. The Labute approximate surface area is 152 Å². The molecule has 1 aromatic heterocycles. The van der Waals surface area contributed by atoms with Crippen LogP contribution >= 0.6 is 35.3 Å². The predicted molar refractivity (Wildman–Crippen MR) is 99.6 cm³/mol. The Morgan fingerprint density at radius 3 is 2.87 bits per heavy atom. The van der Waals surface area contributed by atoms with Crippen LogP contribution in [-0.4, -0.2) is 39.4 Å². The summed E-state index contributed by atoms with van der Waals surface area (Å²) in [4.78, 5) is 1.26. The zero-order chi connectivity index (χ0) is 15.9. The lowest BCUT2D eigenvalue weighted by atomic mass is 10.1. The fraction of sp³-hybridized carbons (Fsp3) is 0.467. The van der Waals surface area contributed by atoms with Crippen molar-refractivity contribution < 1.29 is 8.42 Å². The van der Waals surface area contributed by atoms with Crippen molar-refractivity contribution in [2.45, 2.75) is 18.2 Å². The molecule has 2 heterocycles. The summed E-state index contributed by atoms with van der Waals surface area (Å²) >= 11 is 7.57. The first-order chi connectivity index (χ1) is 10.4. The normalized spacial score (nSPS) is 19.2. The van der Waals surface area contributed by atoms with Crippen LogP contribution in [0.25, 0.3) is 10.1 Å². The molecule has 1 aliphatic rings. The van der Waals surface area contributed by atoms with Crippen LogP contribution in [0.3, 0.4) is 0 Å². The van der Waals surface area contributed by atoms with E-state index in [9.17, 15) is 8.42 Å². The first-order valence-corrected chi connectivity index (χ1v) is 9.90. The summed E-state index contributed by atoms with van der Waals surface area (Å²) in [5.74, 6) is 0.383. The fourth-order valence-corrected chi connectivity index (χ4v) is 6.53. The van der Waals surface area contributed by atoms with Gasteiger partial charge in [0, 0.05) is 33.1 Å². The molecule has 0 radical (unpaired) electrons. The first-order valence-electron chi connectivity index (χ1n) is 7.27. The molecule has 0 spiro atoms. The highest BCUT2D eigenvalue weighted by Gasteiger charge is 2.34. The number of nitrogens with zero attached hydrogens (tertiary/aromatic N) is 1. The summed E-state index contributed by atoms with van der Waals surface area (Å²) < 4.78 is 28.7. The molecule has 128 valence electrons. The van der Waals surface area contributed by atoms with E-state index >= 15 is 0 Å². The minimum Gasteiger partial charge on any atom is -0.319 e. The second kappa shape index (κ2) is 7.25. The van der Waals surface area contributed by atoms with E-state index in [0.717, 1.165) is 27.9 Å². The standard InChI is InChI=1S/C15H19ClN2O2S2.ClH/c1-10-15(13-7-12(16)3-4-14(13)21-10)22(19,20)18-6-5-11(9-18)8-17-2;/h3-4,7,11,17H,5-6,8-9H2,1-2H3;1H. The van der Waals surface area contributed by atoms with Crippen molar-refractivity contribution in [2.24, 2.45) is 5.92 Å². The quantitative estimate of drug-likeness (QED) is 0.862. The van der Waals surface area contributed by atoms with Crippen molar-refractivity contribution in [2.75, 3.05) is 26.7 Å². The molecule has 1 unspecified atom stereocenters. The Morgan fingerprint density at radius 2 is 2.17 bits per heavy atom. The van der Waals surface area contributed by atoms with Gasteiger partial charge in [0.1, 0.15) is 4.90 Å². The predicted octanol–water partition coefficient (Wildman–Crippen LogP) is 3.51. The maximum atomic E-state index is 13.1. The maximum absolute atomic E-state index is 13.1. The van der Waals surface area contributed by atoms with Gasteiger partial charge in [0.05, 0.1) is 0 Å². The smallest absolute Gasteiger partial charge is 0.244 e. The molecule has 0 saturated carbocycles. The molecule has 0 aliphatic carbocycles. The summed E-state index contributed by atoms with van der Waals surface area (Å²) in [6, 6.07) is 5.45. The van der Waals surface area contributed by atoms with E-state index < -0.39 is 10.0 Å². The van der Waals surface area contributed by atoms with Crippen molar-refractivity contribution in [3.8, 4) is 0 Å². The summed E-state index contributed by atoms with van der Waals surface area (Å²) in [5.41, 5.74) is 0. The largest absolute Gasteiger partial charge is 0.319 e. The first kappa shape index (κ1) is 19.0. The zero-order valence-corrected chi connectivity index (χ0v) is 16.2. The van der Waals surface area contributed by atoms with Crippen LogP contribution in [0.2, 0.25) is 5.02 Å². The fourth-order valence-electron chi connectivity index (χ4n) is 3.09. The van der Waals surface area contributed by atoms with E-state index in [-0.39, 0.29) is 12.4 Å². The molecule has 8 heteroatoms. The Kier molecular flexibility index (Phi) is 5.98. The van der Waals surface area contributed by atoms with E-state index in [1.165, 1.54) is 11.3 Å². The van der Waals surface area contributed by atoms with Crippen molar-refractivity contribution in [1.29, 1.82) is 0 Å². The third kappa shape index (κ3) is 3.52. The van der Waals surface area contributed by atoms with Crippen molar-refractivity contribution >= 4 is 55.5 Å². The third-order valence-electron chi connectivity index (χ3n) is 4.11. The van der Waals surface area contributed by atoms with Crippen molar-refractivity contribution in [3.63, 3.8) is 0 Å². The van der Waals surface area contributed by atoms with Gasteiger partial charge in [-0.1, -0.05) is 11.6 Å². The number of sulfonamides is 1. The van der Waals surface area contributed by atoms with Crippen molar-refractivity contribution in [1.82, 2.24) is 9.62 Å². The Bertz CT molecular complexity index is 805. The Morgan fingerprint density at radius 1 is 1.43 bits per heavy atom. The van der Waals surface area contributed by atoms with Crippen LogP contribution in [0.1, 0.15) is 11.3 Å². The highest BCUT2D eigenvalue weighted by atomic mass is 35.5. The Hall–Kier alpha value is -0.370. The summed E-state index contributed by atoms with van der Waals surface area (Å²) in [6.45, 7) is 3.89. The van der Waals surface area contributed by atoms with Crippen LogP contribution < -0.4 is 5.32 Å². The molecule has 1 aromatic carbocycles. The number of benzene rings is 1. The average molecular weight is 395 g/mol. The van der Waals surface area contributed by atoms with Crippen LogP contribution in [0.4, 0.5) is 0 Å². The minimum absolute atomic E-state index is 0. The topological polar surface area (TPSA) is 49.4 Å². The van der Waals surface area contributed by atoms with E-state index in [1.807, 2.05) is 20.0 Å². The molecule has 4 nitrogen and oxygen atoms in total. The van der Waals surface area contributed by atoms with Gasteiger partial charge in [-0.25, -0.2) is 8.42 Å². The number of fused-ring (bicyclic) bond motifs is 1. The number of hydrogen-bond acceptors (Lipinski definition) is 4. The van der Waals surface area contributed by atoms with Crippen molar-refractivity contribution in [3.05, 3.63) is 28.1 Å². The van der Waals surface area contributed by atoms with Crippen LogP contribution in [0.15, 0.2) is 23.1 Å². The zero-order valence-electron chi connectivity index (χ0n) is 13.0. The molecule has 0 bridgehead atoms. The molecule has 0 amide bonds. The molecule has 23 heavy (non-hydrogen) atoms. The third-order valence-corrected chi connectivity index (χ3v) is 7.61. The molecule has 2 aromatic rings. The Balaban J connectivity index is 0.00000192. The van der Waals surface area contributed by atoms with Gasteiger partial charge < -0.3 is 5.32 Å². The molecule has 1 atom stereocenters. The summed E-state index contributed by atoms with van der Waals surface area (Å²) in [7, 11) is -1.56. The lowest BCUT2D eigenvalue weighted by Crippen LogP contribution is -2.30. The van der Waals surface area contributed by atoms with Gasteiger partial charge in [0.25, 0.3) is 0 Å². The van der Waals surface area contributed by atoms with Gasteiger partial charge in [-0.15, -0.1) is 23.7 Å². The summed E-state index contributed by atoms with van der Waals surface area (Å²) in [5, 5.41) is 4.44. The maximum Gasteiger partial charge on any atom is 0.244 e. The number of rotatable bonds is 4. The van der Waals surface area contributed by atoms with Gasteiger partial charge in [0.15, 0.2) is 0 Å². The lowest BCUT2D eigenvalue weighted by molar-refractivity contribution is 0.451. The van der Waals surface area contributed by atoms with E-state index in [1.54, 1.807) is 16.4 Å².